The van der Waals surface area contributed by atoms with Gasteiger partial charge in [0.05, 0.1) is 99.3 Å². The summed E-state index contributed by atoms with van der Waals surface area (Å²) in [7, 11) is 8.46. The number of carbonyl (C=O) groups is 9. The number of rotatable bonds is 22. The number of hydrogen-bond donors (Lipinski definition) is 7. The molecule has 8 amide bonds. The number of nitrogens with zero attached hydrogens (tertiary/aromatic N) is 8. The summed E-state index contributed by atoms with van der Waals surface area (Å²) in [6, 6.07) is 38.8. The zero-order valence-corrected chi connectivity index (χ0v) is 81.3. The third-order valence-corrected chi connectivity index (χ3v) is 27.4. The number of benzene rings is 8. The Morgan fingerprint density at radius 2 is 0.826 bits per heavy atom. The molecule has 0 saturated carbocycles. The maximum absolute atomic E-state index is 14.1. The lowest BCUT2D eigenvalue weighted by atomic mass is 9.90. The SMILES string of the molecule is COC(=O)N[C@H](C(=O)O)C(C)C.COC[C@H]1C[C@@H](C2=Nc3ccc4cc5c(cc4c3C2)OCc2cc(-c3ccc4nc([C@@H]6CCCN6C(=O)[C@@H](NC(=O)OC)C(C)C)[nH]c4c3)ccc2-5)N(C(=O)OC(C)(C)C)C1.COC[C@H]1C[C@@H](C2=Nc3ccc4cc5c(cc4c3C2)OCc2cc(-c3ccc4nc([C@@H]6CCCN6C(=O)[C@@H](NC(=O)OC)C(C)C)[nH]c4c3)ccc2-5)N(C(=O)[C@@H](NC(=O)OC)C(C)C)C1. The van der Waals surface area contributed by atoms with Gasteiger partial charge in [0.2, 0.25) is 17.7 Å². The van der Waals surface area contributed by atoms with E-state index in [1.54, 1.807) is 28.1 Å². The van der Waals surface area contributed by atoms with Crippen molar-refractivity contribution in [3.8, 4) is 56.0 Å². The summed E-state index contributed by atoms with van der Waals surface area (Å²) in [5.41, 5.74) is 19.6. The minimum absolute atomic E-state index is 0.108. The van der Waals surface area contributed by atoms with Crippen molar-refractivity contribution in [1.82, 2.24) is 60.8 Å². The van der Waals surface area contributed by atoms with Crippen molar-refractivity contribution >= 4 is 121 Å². The number of H-pyrrole nitrogens is 2. The molecule has 8 aliphatic rings. The molecule has 0 unspecified atom stereocenters. The molecule has 728 valence electrons. The number of ether oxygens (including phenoxy) is 9. The number of nitrogens with one attached hydrogen (secondary N) is 6. The van der Waals surface area contributed by atoms with Crippen molar-refractivity contribution in [2.24, 2.45) is 45.5 Å². The molecule has 10 aromatic rings. The number of amides is 8. The van der Waals surface area contributed by atoms with Crippen LogP contribution in [-0.4, -0.2) is 234 Å². The Bertz CT molecular complexity index is 6450. The van der Waals surface area contributed by atoms with Crippen LogP contribution in [0.4, 0.5) is 35.3 Å². The number of aromatic amines is 2. The fraction of sp³-hybridized carbons (Fsp3) is 0.457. The summed E-state index contributed by atoms with van der Waals surface area (Å²) < 4.78 is 48.6. The summed E-state index contributed by atoms with van der Waals surface area (Å²) in [6.45, 7) is 24.8. The van der Waals surface area contributed by atoms with E-state index in [9.17, 15) is 43.2 Å². The van der Waals surface area contributed by atoms with E-state index in [2.05, 4.69) is 145 Å². The van der Waals surface area contributed by atoms with Crippen molar-refractivity contribution in [1.29, 1.82) is 0 Å². The van der Waals surface area contributed by atoms with Gasteiger partial charge in [-0.3, -0.25) is 29.3 Å². The Morgan fingerprint density at radius 3 is 1.21 bits per heavy atom. The maximum Gasteiger partial charge on any atom is 0.410 e. The Morgan fingerprint density at radius 1 is 0.449 bits per heavy atom. The van der Waals surface area contributed by atoms with Crippen LogP contribution in [0.5, 0.6) is 11.5 Å². The zero-order chi connectivity index (χ0) is 98.1. The number of alkyl carbamates (subject to hydrolysis) is 4. The first-order valence-corrected chi connectivity index (χ1v) is 47.5. The van der Waals surface area contributed by atoms with Crippen LogP contribution in [0.2, 0.25) is 0 Å². The summed E-state index contributed by atoms with van der Waals surface area (Å²) in [5.74, 6) is 1.47. The van der Waals surface area contributed by atoms with Gasteiger partial charge in [-0.1, -0.05) is 104 Å². The van der Waals surface area contributed by atoms with E-state index < -0.39 is 60.1 Å². The van der Waals surface area contributed by atoms with Gasteiger partial charge in [-0.05, 0) is 233 Å². The first-order chi connectivity index (χ1) is 66.1. The fourth-order valence-electron chi connectivity index (χ4n) is 20.5. The molecule has 0 spiro atoms. The molecule has 8 aliphatic heterocycles. The van der Waals surface area contributed by atoms with Crippen molar-refractivity contribution < 1.29 is 90.9 Å². The molecule has 0 aliphatic carbocycles. The number of carboxylic acids is 1. The molecule has 0 radical (unpaired) electrons. The molecule has 10 atom stereocenters. The smallest absolute Gasteiger partial charge is 0.410 e. The van der Waals surface area contributed by atoms with E-state index in [0.29, 0.717) is 65.4 Å². The zero-order valence-electron chi connectivity index (χ0n) is 81.3. The standard InChI is InChI=1S/C50H57N7O8.C48H54N6O7.C7H13NO4/c1-26(2)44(54-49(60)63-6)47(58)56-16-8-9-41(56)46-52-38-15-11-30(20-39(38)53-46)29-10-13-33-32(18-29)25-65-43-22-34-31(19-36(33)43)12-14-37-35(34)21-40(51-37)42-17-28(24-62-5)23-57(42)48(59)45(27(3)4)55-50(61)64-7;1-26(2)43(52-46(56)59-7)45(55)53-16-8-9-40(53)44-50-37-15-11-29(20-38(37)51-44)28-10-13-32-31(18-28)25-60-42-22-33-30(19-35(32)42)12-14-36-34(33)21-39(49-36)41-17-27(24-58-6)23-54(41)47(57)61-48(3,4)5;1-4(2)5(6(9)10)8-7(11)12-3/h10-15,18-20,22,26-28,41-42,44-45H,8-9,16-17,21,23-25H2,1-7H3,(H,52,53)(H,54,60)(H,55,61);10-15,18-20,22,26-27,40-41,43H,8-9,16-17,21,23-25H2,1-7H3,(H,50,51)(H,52,56);4-5H,1-3H3,(H,8,11)(H,9,10)/t28-,41-,42-,44-,45-;27-,40-,41-,43-;5-/m000/s1. The quantitative estimate of drug-likeness (QED) is 0.0310. The van der Waals surface area contributed by atoms with Gasteiger partial charge < -0.3 is 93.7 Å². The van der Waals surface area contributed by atoms with Gasteiger partial charge >= 0.3 is 36.4 Å². The van der Waals surface area contributed by atoms with Crippen LogP contribution >= 0.6 is 0 Å². The number of aliphatic carboxylic acids is 1. The predicted octanol–water partition coefficient (Wildman–Crippen LogP) is 17.2. The summed E-state index contributed by atoms with van der Waals surface area (Å²) >= 11 is 0. The van der Waals surface area contributed by atoms with E-state index in [-0.39, 0.29) is 83.5 Å². The molecule has 138 heavy (non-hydrogen) atoms. The molecular formula is C105H124N14O19. The Kier molecular flexibility index (Phi) is 28.9. The molecule has 4 saturated heterocycles. The Labute approximate surface area is 801 Å². The second kappa shape index (κ2) is 40.9. The van der Waals surface area contributed by atoms with Gasteiger partial charge in [0.15, 0.2) is 0 Å². The lowest BCUT2D eigenvalue weighted by Crippen LogP contribution is -2.53. The minimum Gasteiger partial charge on any atom is -0.488 e. The highest BCUT2D eigenvalue weighted by molar-refractivity contribution is 6.09. The number of fused-ring (bicyclic) bond motifs is 14. The summed E-state index contributed by atoms with van der Waals surface area (Å²) in [6.07, 6.45) is 3.09. The van der Waals surface area contributed by atoms with Crippen LogP contribution < -0.4 is 30.7 Å². The van der Waals surface area contributed by atoms with E-state index in [1.165, 1.54) is 28.4 Å². The Balaban J connectivity index is 0.000000179. The van der Waals surface area contributed by atoms with E-state index in [4.69, 9.17) is 63.0 Å². The minimum atomic E-state index is -1.06. The number of aliphatic imine (C=N–C) groups is 2. The number of carboxylic acid groups (broad SMARTS) is 1. The largest absolute Gasteiger partial charge is 0.488 e. The molecular weight excluding hydrogens is 1760 g/mol. The second-order valence-corrected chi connectivity index (χ2v) is 39.3. The van der Waals surface area contributed by atoms with Crippen LogP contribution in [0, 0.1) is 35.5 Å². The van der Waals surface area contributed by atoms with Crippen molar-refractivity contribution in [2.75, 3.05) is 82.1 Å². The molecule has 33 heteroatoms. The fourth-order valence-corrected chi connectivity index (χ4v) is 20.5. The van der Waals surface area contributed by atoms with Crippen molar-refractivity contribution in [3.05, 3.63) is 155 Å². The van der Waals surface area contributed by atoms with Gasteiger partial charge in [0, 0.05) is 87.6 Å². The summed E-state index contributed by atoms with van der Waals surface area (Å²) in [5, 5.41) is 23.4. The number of likely N-dealkylation sites (tertiary alicyclic amines) is 4. The molecule has 2 aromatic heterocycles. The highest BCUT2D eigenvalue weighted by Gasteiger charge is 2.47. The molecule has 8 aromatic carbocycles. The first kappa shape index (κ1) is 97.4. The number of carbonyl (C=O) groups excluding carboxylic acids is 8. The third-order valence-electron chi connectivity index (χ3n) is 27.4. The van der Waals surface area contributed by atoms with Crippen LogP contribution in [0.15, 0.2) is 131 Å². The van der Waals surface area contributed by atoms with Crippen LogP contribution in [0.25, 0.3) is 88.1 Å². The van der Waals surface area contributed by atoms with Gasteiger partial charge in [-0.2, -0.15) is 0 Å². The third kappa shape index (κ3) is 20.4. The predicted molar refractivity (Wildman–Crippen MR) is 523 cm³/mol. The molecule has 7 N–H and O–H groups in total. The molecule has 0 bridgehead atoms. The molecule has 33 nitrogen and oxygen atoms in total. The maximum atomic E-state index is 14.1. The van der Waals surface area contributed by atoms with Crippen molar-refractivity contribution in [2.45, 2.75) is 195 Å². The van der Waals surface area contributed by atoms with E-state index >= 15 is 0 Å². The average Bonchev–Trinajstić information content (AvgIpc) is 1.63. The summed E-state index contributed by atoms with van der Waals surface area (Å²) in [4.78, 5) is 147. The molecule has 10 heterocycles. The highest BCUT2D eigenvalue weighted by atomic mass is 16.6. The molecule has 18 rings (SSSR count). The number of methoxy groups -OCH3 is 6. The number of hydrogen-bond acceptors (Lipinski definition) is 22. The number of imidazole rings is 2. The topological polar surface area (TPSA) is 400 Å². The lowest BCUT2D eigenvalue weighted by molar-refractivity contribution is -0.140. The van der Waals surface area contributed by atoms with Crippen LogP contribution in [0.3, 0.4) is 0 Å². The average molecular weight is 1890 g/mol. The van der Waals surface area contributed by atoms with Gasteiger partial charge in [-0.25, -0.2) is 38.7 Å². The van der Waals surface area contributed by atoms with Gasteiger partial charge in [-0.15, -0.1) is 0 Å². The van der Waals surface area contributed by atoms with Crippen molar-refractivity contribution in [3.63, 3.8) is 0 Å². The second-order valence-electron chi connectivity index (χ2n) is 39.3. The monoisotopic (exact) mass is 1880 g/mol. The molecule has 4 fully saturated rings. The normalized spacial score (nSPS) is 19.2. The van der Waals surface area contributed by atoms with Crippen LogP contribution in [-0.2, 0) is 78.4 Å². The number of aromatic nitrogens is 4. The first-order valence-electron chi connectivity index (χ1n) is 47.5. The Hall–Kier alpha value is -13.7. The highest BCUT2D eigenvalue weighted by Crippen LogP contribution is 2.49. The van der Waals surface area contributed by atoms with E-state index in [1.807, 2.05) is 94.0 Å². The van der Waals surface area contributed by atoms with Gasteiger partial charge in [0.1, 0.15) is 66.1 Å². The lowest BCUT2D eigenvalue weighted by Gasteiger charge is -2.31. The van der Waals surface area contributed by atoms with E-state index in [0.717, 1.165) is 195 Å². The van der Waals surface area contributed by atoms with Crippen LogP contribution in [0.1, 0.15) is 161 Å². The van der Waals surface area contributed by atoms with Gasteiger partial charge in [0.25, 0.3) is 0 Å².